The Morgan fingerprint density at radius 1 is 1.19 bits per heavy atom. The molecular weight excluding hydrogens is 367 g/mol. The molecule has 1 heterocycles. The Hall–Kier alpha value is -2.80. The van der Waals surface area contributed by atoms with Crippen LogP contribution in [0.15, 0.2) is 41.4 Å². The predicted octanol–water partition coefficient (Wildman–Crippen LogP) is 3.30. The summed E-state index contributed by atoms with van der Waals surface area (Å²) in [5.74, 6) is -1.37. The van der Waals surface area contributed by atoms with Gasteiger partial charge in [-0.3, -0.25) is 9.59 Å². The van der Waals surface area contributed by atoms with Crippen molar-refractivity contribution < 1.29 is 18.7 Å². The van der Waals surface area contributed by atoms with Crippen molar-refractivity contribution in [3.05, 3.63) is 63.7 Å². The number of aromatic nitrogens is 1. The molecule has 0 fully saturated rings. The number of thiazole rings is 1. The highest BCUT2D eigenvalue weighted by Gasteiger charge is 2.15. The Balaban J connectivity index is 2.02. The summed E-state index contributed by atoms with van der Waals surface area (Å²) in [6.45, 7) is 3.78. The van der Waals surface area contributed by atoms with E-state index in [0.717, 1.165) is 28.0 Å². The molecule has 0 aliphatic rings. The molecule has 27 heavy (non-hydrogen) atoms. The third kappa shape index (κ3) is 4.14. The minimum absolute atomic E-state index is 0.135. The van der Waals surface area contributed by atoms with Gasteiger partial charge in [0.05, 0.1) is 23.7 Å². The summed E-state index contributed by atoms with van der Waals surface area (Å²) in [6.07, 6.45) is 0.135. The van der Waals surface area contributed by atoms with E-state index in [1.807, 2.05) is 32.0 Å². The Morgan fingerprint density at radius 2 is 1.96 bits per heavy atom. The Labute approximate surface area is 159 Å². The smallest absolute Gasteiger partial charge is 0.325 e. The number of para-hydroxylation sites is 1. The fourth-order valence-corrected chi connectivity index (χ4v) is 3.81. The molecule has 3 rings (SSSR count). The van der Waals surface area contributed by atoms with Gasteiger partial charge in [0.2, 0.25) is 0 Å². The first-order valence-corrected chi connectivity index (χ1v) is 9.19. The molecular formula is C20H19FN2O3S. The summed E-state index contributed by atoms with van der Waals surface area (Å²) >= 11 is 1.16. The van der Waals surface area contributed by atoms with Crippen molar-refractivity contribution in [2.75, 3.05) is 7.11 Å². The van der Waals surface area contributed by atoms with Gasteiger partial charge in [0.25, 0.3) is 5.91 Å². The molecule has 0 saturated carbocycles. The quantitative estimate of drug-likeness (QED) is 0.647. The molecule has 0 unspecified atom stereocenters. The summed E-state index contributed by atoms with van der Waals surface area (Å²) in [6, 6.07) is 10.4. The number of fused-ring (bicyclic) bond motifs is 1. The maximum Gasteiger partial charge on any atom is 0.325 e. The second-order valence-electron chi connectivity index (χ2n) is 6.23. The van der Waals surface area contributed by atoms with Crippen molar-refractivity contribution in [1.82, 2.24) is 4.57 Å². The van der Waals surface area contributed by atoms with Gasteiger partial charge in [-0.05, 0) is 42.7 Å². The van der Waals surface area contributed by atoms with Crippen molar-refractivity contribution in [2.45, 2.75) is 26.8 Å². The molecule has 0 radical (unpaired) electrons. The van der Waals surface area contributed by atoms with Gasteiger partial charge in [0.15, 0.2) is 4.80 Å². The number of amides is 1. The third-order valence-electron chi connectivity index (χ3n) is 4.31. The monoisotopic (exact) mass is 386 g/mol. The number of esters is 1. The first kappa shape index (κ1) is 19.0. The zero-order chi connectivity index (χ0) is 19.6. The van der Waals surface area contributed by atoms with Crippen molar-refractivity contribution in [1.29, 1.82) is 0 Å². The number of carbonyl (C=O) groups excluding carboxylic acids is 2. The lowest BCUT2D eigenvalue weighted by Gasteiger charge is -2.05. The molecule has 0 aliphatic heterocycles. The SMILES string of the molecule is COC(=O)Cn1c(=NC(=O)Cc2ccc(C)c(C)c2)sc2cccc(F)c21. The second-order valence-corrected chi connectivity index (χ2v) is 7.24. The zero-order valence-corrected chi connectivity index (χ0v) is 16.1. The molecule has 0 N–H and O–H groups in total. The summed E-state index contributed by atoms with van der Waals surface area (Å²) in [4.78, 5) is 28.6. The average Bonchev–Trinajstić information content (AvgIpc) is 2.96. The fourth-order valence-electron chi connectivity index (χ4n) is 2.75. The van der Waals surface area contributed by atoms with Gasteiger partial charge < -0.3 is 9.30 Å². The number of rotatable bonds is 4. The number of aryl methyl sites for hydroxylation is 2. The van der Waals surface area contributed by atoms with Crippen molar-refractivity contribution in [3.8, 4) is 0 Å². The minimum atomic E-state index is -0.541. The third-order valence-corrected chi connectivity index (χ3v) is 5.36. The van der Waals surface area contributed by atoms with Gasteiger partial charge in [-0.25, -0.2) is 4.39 Å². The zero-order valence-electron chi connectivity index (χ0n) is 15.3. The van der Waals surface area contributed by atoms with Gasteiger partial charge in [-0.15, -0.1) is 0 Å². The number of hydrogen-bond donors (Lipinski definition) is 0. The number of halogens is 1. The summed E-state index contributed by atoms with van der Waals surface area (Å²) in [5, 5.41) is 0. The lowest BCUT2D eigenvalue weighted by atomic mass is 10.0. The molecule has 0 aliphatic carbocycles. The lowest BCUT2D eigenvalue weighted by molar-refractivity contribution is -0.141. The van der Waals surface area contributed by atoms with E-state index in [9.17, 15) is 14.0 Å². The van der Waals surface area contributed by atoms with Crippen LogP contribution in [0.2, 0.25) is 0 Å². The van der Waals surface area contributed by atoms with Crippen LogP contribution < -0.4 is 4.80 Å². The maximum atomic E-state index is 14.3. The summed E-state index contributed by atoms with van der Waals surface area (Å²) < 4.78 is 21.0. The molecule has 0 bridgehead atoms. The lowest BCUT2D eigenvalue weighted by Crippen LogP contribution is -2.23. The molecule has 7 heteroatoms. The summed E-state index contributed by atoms with van der Waals surface area (Å²) in [7, 11) is 1.26. The highest BCUT2D eigenvalue weighted by Crippen LogP contribution is 2.20. The van der Waals surface area contributed by atoms with E-state index < -0.39 is 11.8 Å². The van der Waals surface area contributed by atoms with E-state index in [1.165, 1.54) is 17.7 Å². The maximum absolute atomic E-state index is 14.3. The highest BCUT2D eigenvalue weighted by molar-refractivity contribution is 7.16. The number of hydrogen-bond acceptors (Lipinski definition) is 4. The van der Waals surface area contributed by atoms with Crippen LogP contribution in [0.4, 0.5) is 4.39 Å². The standard InChI is InChI=1S/C20H19FN2O3S/c1-12-7-8-14(9-13(12)2)10-17(24)22-20-23(11-18(25)26-3)19-15(21)5-4-6-16(19)27-20/h4-9H,10-11H2,1-3H3. The van der Waals surface area contributed by atoms with Crippen molar-refractivity contribution >= 4 is 33.4 Å². The predicted molar refractivity (Wildman–Crippen MR) is 102 cm³/mol. The van der Waals surface area contributed by atoms with Crippen LogP contribution >= 0.6 is 11.3 Å². The first-order chi connectivity index (χ1) is 12.9. The van der Waals surface area contributed by atoms with Crippen LogP contribution in [-0.4, -0.2) is 23.6 Å². The van der Waals surface area contributed by atoms with Crippen LogP contribution in [0.25, 0.3) is 10.2 Å². The van der Waals surface area contributed by atoms with Crippen LogP contribution in [0.5, 0.6) is 0 Å². The first-order valence-electron chi connectivity index (χ1n) is 8.37. The van der Waals surface area contributed by atoms with Crippen LogP contribution in [0.3, 0.4) is 0 Å². The Kier molecular flexibility index (Phi) is 5.51. The Morgan fingerprint density at radius 3 is 2.67 bits per heavy atom. The summed E-state index contributed by atoms with van der Waals surface area (Å²) in [5.41, 5.74) is 3.35. The van der Waals surface area contributed by atoms with Gasteiger partial charge >= 0.3 is 5.97 Å². The topological polar surface area (TPSA) is 60.7 Å². The largest absolute Gasteiger partial charge is 0.468 e. The number of benzene rings is 2. The van der Waals surface area contributed by atoms with Crippen molar-refractivity contribution in [2.24, 2.45) is 4.99 Å². The van der Waals surface area contributed by atoms with Gasteiger partial charge in [-0.2, -0.15) is 4.99 Å². The molecule has 2 aromatic carbocycles. The van der Waals surface area contributed by atoms with Crippen molar-refractivity contribution in [3.63, 3.8) is 0 Å². The van der Waals surface area contributed by atoms with E-state index in [2.05, 4.69) is 9.73 Å². The van der Waals surface area contributed by atoms with Crippen LogP contribution in [-0.2, 0) is 27.3 Å². The van der Waals surface area contributed by atoms with Gasteiger partial charge in [0, 0.05) is 0 Å². The van der Waals surface area contributed by atoms with E-state index in [4.69, 9.17) is 0 Å². The molecule has 0 saturated heterocycles. The second kappa shape index (κ2) is 7.84. The minimum Gasteiger partial charge on any atom is -0.468 e. The van der Waals surface area contributed by atoms with Crippen LogP contribution in [0, 0.1) is 19.7 Å². The highest BCUT2D eigenvalue weighted by atomic mass is 32.1. The van der Waals surface area contributed by atoms with Crippen LogP contribution in [0.1, 0.15) is 16.7 Å². The molecule has 5 nitrogen and oxygen atoms in total. The molecule has 1 amide bonds. The molecule has 3 aromatic rings. The molecule has 0 atom stereocenters. The van der Waals surface area contributed by atoms with E-state index in [1.54, 1.807) is 12.1 Å². The van der Waals surface area contributed by atoms with E-state index in [-0.39, 0.29) is 29.2 Å². The van der Waals surface area contributed by atoms with E-state index >= 15 is 0 Å². The van der Waals surface area contributed by atoms with Gasteiger partial charge in [-0.1, -0.05) is 35.6 Å². The molecule has 1 aromatic heterocycles. The number of ether oxygens (including phenoxy) is 1. The average molecular weight is 386 g/mol. The normalized spacial score (nSPS) is 11.8. The number of nitrogens with zero attached hydrogens (tertiary/aromatic N) is 2. The number of methoxy groups -OCH3 is 1. The fraction of sp³-hybridized carbons (Fsp3) is 0.250. The Bertz CT molecular complexity index is 1100. The van der Waals surface area contributed by atoms with E-state index in [0.29, 0.717) is 4.70 Å². The molecule has 140 valence electrons. The van der Waals surface area contributed by atoms with Gasteiger partial charge in [0.1, 0.15) is 12.4 Å². The molecule has 0 spiro atoms. The number of carbonyl (C=O) groups is 2.